The first-order valence-electron chi connectivity index (χ1n) is 9.51. The first kappa shape index (κ1) is 17.8. The molecule has 0 atom stereocenters. The van der Waals surface area contributed by atoms with Gasteiger partial charge in [0.25, 0.3) is 0 Å². The van der Waals surface area contributed by atoms with Crippen LogP contribution in [0.2, 0.25) is 0 Å². The Hall–Kier alpha value is -4.26. The molecular weight excluding hydrogens is 376 g/mol. The summed E-state index contributed by atoms with van der Waals surface area (Å²) in [6.07, 6.45) is 4.98. The topological polar surface area (TPSA) is 77.8 Å². The number of hydrogen-bond acceptors (Lipinski definition) is 6. The second kappa shape index (κ2) is 8.00. The molecule has 0 amide bonds. The van der Waals surface area contributed by atoms with E-state index in [1.165, 1.54) is 6.33 Å². The van der Waals surface area contributed by atoms with Crippen molar-refractivity contribution in [2.45, 2.75) is 6.61 Å². The van der Waals surface area contributed by atoms with E-state index in [1.54, 1.807) is 17.1 Å². The van der Waals surface area contributed by atoms with Crippen LogP contribution in [0, 0.1) is 0 Å². The monoisotopic (exact) mass is 394 g/mol. The van der Waals surface area contributed by atoms with Crippen LogP contribution < -0.4 is 10.1 Å². The van der Waals surface area contributed by atoms with Crippen LogP contribution in [0.1, 0.15) is 5.56 Å². The molecule has 0 unspecified atom stereocenters. The number of nitrogens with one attached hydrogen (secondary N) is 1. The van der Waals surface area contributed by atoms with E-state index in [0.29, 0.717) is 23.9 Å². The normalized spacial score (nSPS) is 10.8. The molecule has 0 aliphatic heterocycles. The molecule has 0 spiro atoms. The largest absolute Gasteiger partial charge is 0.489 e. The number of fused-ring (bicyclic) bond motifs is 1. The van der Waals surface area contributed by atoms with Crippen molar-refractivity contribution in [1.82, 2.24) is 24.7 Å². The molecule has 5 aromatic rings. The Balaban J connectivity index is 1.34. The minimum absolute atomic E-state index is 0.535. The maximum Gasteiger partial charge on any atom is 0.170 e. The second-order valence-corrected chi connectivity index (χ2v) is 6.63. The van der Waals surface area contributed by atoms with Crippen molar-refractivity contribution < 1.29 is 4.74 Å². The number of pyridine rings is 1. The van der Waals surface area contributed by atoms with Gasteiger partial charge in [-0.05, 0) is 42.0 Å². The van der Waals surface area contributed by atoms with Gasteiger partial charge in [-0.1, -0.05) is 36.4 Å². The quantitative estimate of drug-likeness (QED) is 0.456. The number of anilines is 2. The highest BCUT2D eigenvalue weighted by Crippen LogP contribution is 2.25. The van der Waals surface area contributed by atoms with Gasteiger partial charge in [-0.2, -0.15) is 9.78 Å². The van der Waals surface area contributed by atoms with Crippen molar-refractivity contribution in [2.75, 3.05) is 5.32 Å². The molecule has 30 heavy (non-hydrogen) atoms. The summed E-state index contributed by atoms with van der Waals surface area (Å²) in [5, 5.41) is 8.57. The highest BCUT2D eigenvalue weighted by atomic mass is 16.5. The van der Waals surface area contributed by atoms with Gasteiger partial charge in [-0.3, -0.25) is 0 Å². The van der Waals surface area contributed by atoms with E-state index >= 15 is 0 Å². The lowest BCUT2D eigenvalue weighted by Gasteiger charge is -2.09. The van der Waals surface area contributed by atoms with Gasteiger partial charge in [-0.15, -0.1) is 0 Å². The number of nitrogens with zero attached hydrogens (tertiary/aromatic N) is 5. The van der Waals surface area contributed by atoms with Gasteiger partial charge in [0.2, 0.25) is 0 Å². The summed E-state index contributed by atoms with van der Waals surface area (Å²) in [5.41, 5.74) is 2.72. The second-order valence-electron chi connectivity index (χ2n) is 6.63. The lowest BCUT2D eigenvalue weighted by atomic mass is 10.2. The standard InChI is InChI=1S/C23H18N6O/c1-2-6-17(7-3-1)15-30-19-11-9-18(10-12-19)28-22-20-14-27-29(23(20)26-16-25-22)21-8-4-5-13-24-21/h1-14,16H,15H2,(H,25,26,28). The minimum Gasteiger partial charge on any atom is -0.489 e. The molecular formula is C23H18N6O. The van der Waals surface area contributed by atoms with Crippen molar-refractivity contribution in [3.05, 3.63) is 97.1 Å². The molecule has 0 saturated carbocycles. The third kappa shape index (κ3) is 3.68. The summed E-state index contributed by atoms with van der Waals surface area (Å²) in [5.74, 6) is 2.19. The van der Waals surface area contributed by atoms with Crippen molar-refractivity contribution in [3.8, 4) is 11.6 Å². The van der Waals surface area contributed by atoms with Crippen LogP contribution in [0.5, 0.6) is 5.75 Å². The molecule has 0 radical (unpaired) electrons. The Labute approximate surface area is 173 Å². The van der Waals surface area contributed by atoms with Crippen molar-refractivity contribution in [3.63, 3.8) is 0 Å². The molecule has 146 valence electrons. The van der Waals surface area contributed by atoms with Crippen LogP contribution in [-0.2, 0) is 6.61 Å². The SMILES string of the molecule is c1ccc(COc2ccc(Nc3ncnc4c3cnn4-c3ccccn3)cc2)cc1. The molecule has 7 heteroatoms. The van der Waals surface area contributed by atoms with Crippen LogP contribution in [-0.4, -0.2) is 24.7 Å². The van der Waals surface area contributed by atoms with Crippen molar-refractivity contribution in [2.24, 2.45) is 0 Å². The first-order valence-corrected chi connectivity index (χ1v) is 9.51. The maximum absolute atomic E-state index is 5.85. The van der Waals surface area contributed by atoms with Crippen LogP contribution in [0.25, 0.3) is 16.9 Å². The van der Waals surface area contributed by atoms with Crippen molar-refractivity contribution >= 4 is 22.5 Å². The Kier molecular flexibility index (Phi) is 4.75. The van der Waals surface area contributed by atoms with Crippen LogP contribution in [0.4, 0.5) is 11.5 Å². The number of hydrogen-bond donors (Lipinski definition) is 1. The lowest BCUT2D eigenvalue weighted by molar-refractivity contribution is 0.306. The van der Waals surface area contributed by atoms with E-state index in [-0.39, 0.29) is 0 Å². The Morgan fingerprint density at radius 2 is 1.67 bits per heavy atom. The highest BCUT2D eigenvalue weighted by Gasteiger charge is 2.12. The predicted molar refractivity (Wildman–Crippen MR) is 115 cm³/mol. The molecule has 0 bridgehead atoms. The molecule has 1 N–H and O–H groups in total. The third-order valence-electron chi connectivity index (χ3n) is 4.60. The summed E-state index contributed by atoms with van der Waals surface area (Å²) >= 11 is 0. The molecule has 0 aliphatic rings. The fourth-order valence-corrected chi connectivity index (χ4v) is 3.10. The minimum atomic E-state index is 0.535. The van der Waals surface area contributed by atoms with E-state index in [2.05, 4.69) is 25.4 Å². The highest BCUT2D eigenvalue weighted by molar-refractivity contribution is 5.88. The fraction of sp³-hybridized carbons (Fsp3) is 0.0435. The zero-order valence-corrected chi connectivity index (χ0v) is 16.0. The molecule has 0 aliphatic carbocycles. The average Bonchev–Trinajstić information content (AvgIpc) is 3.25. The zero-order valence-electron chi connectivity index (χ0n) is 16.0. The molecule has 2 aromatic carbocycles. The van der Waals surface area contributed by atoms with Gasteiger partial charge in [0.05, 0.1) is 11.6 Å². The Morgan fingerprint density at radius 1 is 0.833 bits per heavy atom. The van der Waals surface area contributed by atoms with Crippen LogP contribution in [0.3, 0.4) is 0 Å². The summed E-state index contributed by atoms with van der Waals surface area (Å²) < 4.78 is 7.54. The molecule has 7 nitrogen and oxygen atoms in total. The number of ether oxygens (including phenoxy) is 1. The van der Waals surface area contributed by atoms with Crippen LogP contribution >= 0.6 is 0 Å². The summed E-state index contributed by atoms with van der Waals surface area (Å²) in [6, 6.07) is 23.5. The molecule has 3 aromatic heterocycles. The number of aromatic nitrogens is 5. The lowest BCUT2D eigenvalue weighted by Crippen LogP contribution is -2.01. The van der Waals surface area contributed by atoms with E-state index in [9.17, 15) is 0 Å². The number of rotatable bonds is 6. The average molecular weight is 394 g/mol. The van der Waals surface area contributed by atoms with Crippen molar-refractivity contribution in [1.29, 1.82) is 0 Å². The fourth-order valence-electron chi connectivity index (χ4n) is 3.10. The molecule has 3 heterocycles. The Bertz CT molecular complexity index is 1250. The summed E-state index contributed by atoms with van der Waals surface area (Å²) in [7, 11) is 0. The van der Waals surface area contributed by atoms with E-state index in [0.717, 1.165) is 22.4 Å². The Morgan fingerprint density at radius 3 is 2.47 bits per heavy atom. The molecule has 5 rings (SSSR count). The number of benzene rings is 2. The van der Waals surface area contributed by atoms with Gasteiger partial charge in [0.15, 0.2) is 11.5 Å². The summed E-state index contributed by atoms with van der Waals surface area (Å²) in [4.78, 5) is 13.1. The van der Waals surface area contributed by atoms with E-state index < -0.39 is 0 Å². The predicted octanol–water partition coefficient (Wildman–Crippen LogP) is 4.53. The van der Waals surface area contributed by atoms with Gasteiger partial charge in [0, 0.05) is 11.9 Å². The maximum atomic E-state index is 5.85. The van der Waals surface area contributed by atoms with Gasteiger partial charge in [0.1, 0.15) is 24.5 Å². The first-order chi connectivity index (χ1) is 14.9. The smallest absolute Gasteiger partial charge is 0.170 e. The van der Waals surface area contributed by atoms with E-state index in [4.69, 9.17) is 4.74 Å². The zero-order chi connectivity index (χ0) is 20.2. The van der Waals surface area contributed by atoms with Gasteiger partial charge in [-0.25, -0.2) is 15.0 Å². The van der Waals surface area contributed by atoms with E-state index in [1.807, 2.05) is 72.8 Å². The van der Waals surface area contributed by atoms with Gasteiger partial charge < -0.3 is 10.1 Å². The molecule has 0 saturated heterocycles. The van der Waals surface area contributed by atoms with Crippen LogP contribution in [0.15, 0.2) is 91.5 Å². The third-order valence-corrected chi connectivity index (χ3v) is 4.60. The van der Waals surface area contributed by atoms with Gasteiger partial charge >= 0.3 is 0 Å². The molecule has 0 fully saturated rings. The summed E-state index contributed by atoms with van der Waals surface area (Å²) in [6.45, 7) is 0.535.